The van der Waals surface area contributed by atoms with Crippen molar-refractivity contribution in [2.75, 3.05) is 0 Å². The molecule has 0 spiro atoms. The molecule has 0 bridgehead atoms. The standard InChI is InChI=1S/C29H18Cl2N2O3/c1-17-22(19-10-11-33-27(13-19)32-14-21(16-35)29(33)36)4-2-5-23(17)25-7-3-6-24(28(25)31)18-8-9-20(15-34)26(30)12-18/h2-16H,1H3. The molecule has 2 heterocycles. The predicted molar refractivity (Wildman–Crippen MR) is 143 cm³/mol. The minimum absolute atomic E-state index is 0.00929. The van der Waals surface area contributed by atoms with E-state index in [-0.39, 0.29) is 5.56 Å². The Balaban J connectivity index is 1.62. The van der Waals surface area contributed by atoms with Crippen LogP contribution in [-0.4, -0.2) is 22.0 Å². The van der Waals surface area contributed by atoms with E-state index in [4.69, 9.17) is 23.2 Å². The number of rotatable bonds is 5. The molecule has 0 aliphatic heterocycles. The van der Waals surface area contributed by atoms with Gasteiger partial charge in [0.25, 0.3) is 5.56 Å². The van der Waals surface area contributed by atoms with Crippen molar-refractivity contribution >= 4 is 41.4 Å². The van der Waals surface area contributed by atoms with Crippen LogP contribution in [0.3, 0.4) is 0 Å². The fraction of sp³-hybridized carbons (Fsp3) is 0.0345. The van der Waals surface area contributed by atoms with Crippen LogP contribution in [0.4, 0.5) is 0 Å². The summed E-state index contributed by atoms with van der Waals surface area (Å²) in [7, 11) is 0. The summed E-state index contributed by atoms with van der Waals surface area (Å²) >= 11 is 13.2. The second kappa shape index (κ2) is 9.53. The van der Waals surface area contributed by atoms with Crippen molar-refractivity contribution in [3.05, 3.63) is 116 Å². The number of hydrogen-bond acceptors (Lipinski definition) is 4. The number of pyridine rings is 1. The van der Waals surface area contributed by atoms with Crippen molar-refractivity contribution in [2.24, 2.45) is 0 Å². The molecule has 36 heavy (non-hydrogen) atoms. The number of carbonyl (C=O) groups is 2. The van der Waals surface area contributed by atoms with Crippen LogP contribution in [0.1, 0.15) is 26.3 Å². The lowest BCUT2D eigenvalue weighted by atomic mass is 9.91. The third-order valence-electron chi connectivity index (χ3n) is 6.24. The zero-order valence-corrected chi connectivity index (χ0v) is 20.5. The molecule has 0 atom stereocenters. The van der Waals surface area contributed by atoms with Gasteiger partial charge in [-0.25, -0.2) is 4.98 Å². The fourth-order valence-corrected chi connectivity index (χ4v) is 4.89. The molecule has 7 heteroatoms. The van der Waals surface area contributed by atoms with Gasteiger partial charge in [-0.3, -0.25) is 18.8 Å². The number of carbonyl (C=O) groups excluding carboxylic acids is 2. The highest BCUT2D eigenvalue weighted by Crippen LogP contribution is 2.40. The van der Waals surface area contributed by atoms with Crippen molar-refractivity contribution in [1.29, 1.82) is 0 Å². The third-order valence-corrected chi connectivity index (χ3v) is 6.97. The summed E-state index contributed by atoms with van der Waals surface area (Å²) in [6.45, 7) is 2.02. The first-order valence-electron chi connectivity index (χ1n) is 11.0. The Kier molecular flexibility index (Phi) is 6.27. The molecular formula is C29H18Cl2N2O3. The highest BCUT2D eigenvalue weighted by Gasteiger charge is 2.15. The van der Waals surface area contributed by atoms with Crippen LogP contribution in [0.2, 0.25) is 10.0 Å². The maximum Gasteiger partial charge on any atom is 0.268 e. The normalized spacial score (nSPS) is 11.0. The number of benzene rings is 3. The average Bonchev–Trinajstić information content (AvgIpc) is 2.89. The molecule has 0 saturated carbocycles. The largest absolute Gasteiger partial charge is 0.298 e. The van der Waals surface area contributed by atoms with Gasteiger partial charge in [0.05, 0.1) is 15.6 Å². The van der Waals surface area contributed by atoms with Gasteiger partial charge in [0.2, 0.25) is 0 Å². The van der Waals surface area contributed by atoms with Crippen LogP contribution >= 0.6 is 23.2 Å². The average molecular weight is 513 g/mol. The Labute approximate surface area is 216 Å². The maximum atomic E-state index is 12.4. The van der Waals surface area contributed by atoms with Gasteiger partial charge < -0.3 is 0 Å². The van der Waals surface area contributed by atoms with Gasteiger partial charge in [-0.15, -0.1) is 0 Å². The van der Waals surface area contributed by atoms with E-state index in [0.29, 0.717) is 27.5 Å². The zero-order valence-electron chi connectivity index (χ0n) is 19.0. The van der Waals surface area contributed by atoms with Crippen LogP contribution in [0.5, 0.6) is 0 Å². The molecule has 0 radical (unpaired) electrons. The summed E-state index contributed by atoms with van der Waals surface area (Å²) in [5.74, 6) is 0. The van der Waals surface area contributed by atoms with E-state index in [1.54, 1.807) is 18.3 Å². The molecule has 0 fully saturated rings. The van der Waals surface area contributed by atoms with Gasteiger partial charge in [0.1, 0.15) is 5.65 Å². The fourth-order valence-electron chi connectivity index (χ4n) is 4.33. The first-order chi connectivity index (χ1) is 17.4. The van der Waals surface area contributed by atoms with Gasteiger partial charge in [-0.2, -0.15) is 0 Å². The molecule has 5 aromatic rings. The van der Waals surface area contributed by atoms with Gasteiger partial charge in [-0.05, 0) is 59.0 Å². The minimum atomic E-state index is -0.406. The van der Waals surface area contributed by atoms with Crippen LogP contribution in [0.15, 0.2) is 83.9 Å². The molecule has 0 amide bonds. The monoisotopic (exact) mass is 512 g/mol. The third kappa shape index (κ3) is 4.02. The smallest absolute Gasteiger partial charge is 0.268 e. The Bertz CT molecular complexity index is 1740. The molecule has 0 aliphatic rings. The molecule has 0 saturated heterocycles. The lowest BCUT2D eigenvalue weighted by Crippen LogP contribution is -2.18. The molecule has 0 N–H and O–H groups in total. The molecular weight excluding hydrogens is 495 g/mol. The van der Waals surface area contributed by atoms with Gasteiger partial charge in [0.15, 0.2) is 12.6 Å². The highest BCUT2D eigenvalue weighted by atomic mass is 35.5. The first kappa shape index (κ1) is 23.7. The first-order valence-corrected chi connectivity index (χ1v) is 11.8. The van der Waals surface area contributed by atoms with E-state index < -0.39 is 5.56 Å². The van der Waals surface area contributed by atoms with E-state index in [1.807, 2.05) is 61.5 Å². The van der Waals surface area contributed by atoms with Crippen LogP contribution < -0.4 is 5.56 Å². The summed E-state index contributed by atoms with van der Waals surface area (Å²) in [5, 5.41) is 0.937. The quantitative estimate of drug-likeness (QED) is 0.239. The van der Waals surface area contributed by atoms with Crippen molar-refractivity contribution in [1.82, 2.24) is 9.38 Å². The summed E-state index contributed by atoms with van der Waals surface area (Å²) in [5.41, 5.74) is 6.74. The SMILES string of the molecule is Cc1c(-c2ccn3c(=O)c(C=O)cnc3c2)cccc1-c1cccc(-c2ccc(C=O)c(Cl)c2)c1Cl. The number of hydrogen-bond donors (Lipinski definition) is 0. The summed E-state index contributed by atoms with van der Waals surface area (Å²) in [4.78, 5) is 38.9. The maximum absolute atomic E-state index is 12.4. The molecule has 5 rings (SSSR count). The van der Waals surface area contributed by atoms with Crippen LogP contribution in [-0.2, 0) is 0 Å². The molecule has 176 valence electrons. The van der Waals surface area contributed by atoms with E-state index in [1.165, 1.54) is 10.6 Å². The number of aldehydes is 2. The van der Waals surface area contributed by atoms with Crippen LogP contribution in [0, 0.1) is 6.92 Å². The molecule has 0 aliphatic carbocycles. The number of nitrogens with zero attached hydrogens (tertiary/aromatic N) is 2. The lowest BCUT2D eigenvalue weighted by molar-refractivity contribution is 0.111. The summed E-state index contributed by atoms with van der Waals surface area (Å²) in [6, 6.07) is 20.6. The van der Waals surface area contributed by atoms with E-state index in [0.717, 1.165) is 45.2 Å². The highest BCUT2D eigenvalue weighted by molar-refractivity contribution is 6.36. The predicted octanol–water partition coefficient (Wildman–Crippen LogP) is 6.94. The Morgan fingerprint density at radius 3 is 2.17 bits per heavy atom. The van der Waals surface area contributed by atoms with Crippen molar-refractivity contribution < 1.29 is 9.59 Å². The molecule has 3 aromatic carbocycles. The summed E-state index contributed by atoms with van der Waals surface area (Å²) in [6.07, 6.45) is 4.14. The number of fused-ring (bicyclic) bond motifs is 1. The Morgan fingerprint density at radius 2 is 1.44 bits per heavy atom. The van der Waals surface area contributed by atoms with Crippen molar-refractivity contribution in [2.45, 2.75) is 6.92 Å². The number of aromatic nitrogens is 2. The lowest BCUT2D eigenvalue weighted by Gasteiger charge is -2.16. The summed E-state index contributed by atoms with van der Waals surface area (Å²) < 4.78 is 1.35. The van der Waals surface area contributed by atoms with E-state index in [9.17, 15) is 14.4 Å². The second-order valence-corrected chi connectivity index (χ2v) is 9.06. The van der Waals surface area contributed by atoms with Gasteiger partial charge >= 0.3 is 0 Å². The molecule has 5 nitrogen and oxygen atoms in total. The second-order valence-electron chi connectivity index (χ2n) is 8.28. The Morgan fingerprint density at radius 1 is 0.778 bits per heavy atom. The van der Waals surface area contributed by atoms with Gasteiger partial charge in [0, 0.05) is 29.1 Å². The van der Waals surface area contributed by atoms with Gasteiger partial charge in [-0.1, -0.05) is 65.7 Å². The topological polar surface area (TPSA) is 68.5 Å². The molecule has 2 aromatic heterocycles. The molecule has 0 unspecified atom stereocenters. The Hall–Kier alpha value is -4.06. The minimum Gasteiger partial charge on any atom is -0.298 e. The van der Waals surface area contributed by atoms with Crippen LogP contribution in [0.25, 0.3) is 39.0 Å². The van der Waals surface area contributed by atoms with Crippen molar-refractivity contribution in [3.8, 4) is 33.4 Å². The van der Waals surface area contributed by atoms with E-state index >= 15 is 0 Å². The zero-order chi connectivity index (χ0) is 25.4. The van der Waals surface area contributed by atoms with E-state index in [2.05, 4.69) is 4.98 Å². The number of halogens is 2. The van der Waals surface area contributed by atoms with Crippen molar-refractivity contribution in [3.63, 3.8) is 0 Å².